The van der Waals surface area contributed by atoms with Gasteiger partial charge in [-0.3, -0.25) is 19.4 Å². The first kappa shape index (κ1) is 19.1. The number of carbonyl (C=O) groups is 1. The van der Waals surface area contributed by atoms with Gasteiger partial charge in [0.25, 0.3) is 11.5 Å². The van der Waals surface area contributed by atoms with Gasteiger partial charge in [-0.1, -0.05) is 31.0 Å². The van der Waals surface area contributed by atoms with Gasteiger partial charge in [0.1, 0.15) is 5.75 Å². The van der Waals surface area contributed by atoms with Crippen molar-refractivity contribution in [3.8, 4) is 5.75 Å². The Hall–Kier alpha value is -3.19. The Kier molecular flexibility index (Phi) is 5.31. The van der Waals surface area contributed by atoms with E-state index in [0.29, 0.717) is 23.9 Å². The van der Waals surface area contributed by atoms with Crippen LogP contribution in [0.4, 0.5) is 0 Å². The molecule has 0 unspecified atom stereocenters. The Balaban J connectivity index is 1.66. The second-order valence-electron chi connectivity index (χ2n) is 7.44. The third-order valence-electron chi connectivity index (χ3n) is 5.75. The van der Waals surface area contributed by atoms with Gasteiger partial charge in [0.15, 0.2) is 0 Å². The van der Waals surface area contributed by atoms with Gasteiger partial charge >= 0.3 is 0 Å². The van der Waals surface area contributed by atoms with Crippen molar-refractivity contribution in [1.29, 1.82) is 0 Å². The summed E-state index contributed by atoms with van der Waals surface area (Å²) in [6.07, 6.45) is 6.17. The van der Waals surface area contributed by atoms with Gasteiger partial charge in [-0.15, -0.1) is 0 Å². The molecule has 4 rings (SSSR count). The third kappa shape index (κ3) is 3.73. The molecule has 1 aromatic heterocycles. The van der Waals surface area contributed by atoms with Crippen LogP contribution in [-0.2, 0) is 5.54 Å². The van der Waals surface area contributed by atoms with Crippen molar-refractivity contribution in [3.63, 3.8) is 0 Å². The van der Waals surface area contributed by atoms with E-state index in [9.17, 15) is 9.59 Å². The molecule has 0 radical (unpaired) electrons. The average Bonchev–Trinajstić information content (AvgIpc) is 3.23. The number of hydroxylamine groups is 1. The number of hydrogen-bond donors (Lipinski definition) is 2. The summed E-state index contributed by atoms with van der Waals surface area (Å²) in [5.41, 5.74) is 1.81. The molecular weight excluding hydrogens is 370 g/mol. The van der Waals surface area contributed by atoms with Gasteiger partial charge in [-0.05, 0) is 43.2 Å². The minimum atomic E-state index is -0.659. The zero-order valence-electron chi connectivity index (χ0n) is 16.0. The van der Waals surface area contributed by atoms with E-state index in [1.54, 1.807) is 22.4 Å². The van der Waals surface area contributed by atoms with Crippen LogP contribution in [0.2, 0.25) is 0 Å². The van der Waals surface area contributed by atoms with Crippen molar-refractivity contribution in [2.24, 2.45) is 0 Å². The second kappa shape index (κ2) is 8.05. The number of nitrogens with one attached hydrogen (secondary N) is 1. The van der Waals surface area contributed by atoms with E-state index in [1.165, 1.54) is 12.1 Å². The Morgan fingerprint density at radius 1 is 1.17 bits per heavy atom. The van der Waals surface area contributed by atoms with Crippen LogP contribution in [-0.4, -0.2) is 27.3 Å². The molecule has 0 bridgehead atoms. The topological polar surface area (TPSA) is 93.5 Å². The van der Waals surface area contributed by atoms with Crippen LogP contribution >= 0.6 is 0 Å². The third-order valence-corrected chi connectivity index (χ3v) is 5.75. The monoisotopic (exact) mass is 393 g/mol. The van der Waals surface area contributed by atoms with Gasteiger partial charge in [0.05, 0.1) is 29.4 Å². The highest BCUT2D eigenvalue weighted by molar-refractivity contribution is 5.97. The summed E-state index contributed by atoms with van der Waals surface area (Å²) in [6.45, 7) is 0.501. The maximum atomic E-state index is 13.3. The summed E-state index contributed by atoms with van der Waals surface area (Å²) in [4.78, 5) is 29.5. The molecule has 29 heavy (non-hydrogen) atoms. The van der Waals surface area contributed by atoms with Crippen molar-refractivity contribution in [2.45, 2.75) is 37.6 Å². The molecule has 1 aliphatic carbocycles. The normalized spacial score (nSPS) is 15.3. The van der Waals surface area contributed by atoms with Gasteiger partial charge < -0.3 is 4.74 Å². The van der Waals surface area contributed by atoms with Crippen LogP contribution in [0.5, 0.6) is 5.75 Å². The van der Waals surface area contributed by atoms with Gasteiger partial charge in [0, 0.05) is 12.0 Å². The van der Waals surface area contributed by atoms with Gasteiger partial charge in [0.2, 0.25) is 0 Å². The van der Waals surface area contributed by atoms with Crippen LogP contribution in [0.25, 0.3) is 10.9 Å². The molecule has 1 amide bonds. The predicted molar refractivity (Wildman–Crippen MR) is 108 cm³/mol. The lowest BCUT2D eigenvalue weighted by atomic mass is 9.93. The molecule has 0 atom stereocenters. The Labute approximate surface area is 167 Å². The van der Waals surface area contributed by atoms with Crippen LogP contribution in [0.15, 0.2) is 59.7 Å². The fourth-order valence-corrected chi connectivity index (χ4v) is 4.19. The number of rotatable bonds is 6. The molecule has 0 spiro atoms. The summed E-state index contributed by atoms with van der Waals surface area (Å²) >= 11 is 0. The number of hydrogen-bond acceptors (Lipinski definition) is 5. The zero-order valence-corrected chi connectivity index (χ0v) is 16.0. The van der Waals surface area contributed by atoms with Crippen molar-refractivity contribution in [2.75, 3.05) is 6.61 Å². The standard InChI is InChI=1S/C22H23N3O4/c26-20(24-28)16-8-9-19-18(14-16)21(27)25(15-23-19)22(10-4-5-11-22)12-13-29-17-6-2-1-3-7-17/h1-3,6-9,14-15,28H,4-5,10-13H2,(H,24,26). The Bertz CT molecular complexity index is 1070. The summed E-state index contributed by atoms with van der Waals surface area (Å²) in [7, 11) is 0. The maximum absolute atomic E-state index is 13.3. The lowest BCUT2D eigenvalue weighted by molar-refractivity contribution is 0.0706. The molecule has 1 heterocycles. The number of benzene rings is 2. The summed E-state index contributed by atoms with van der Waals surface area (Å²) in [6, 6.07) is 14.3. The first-order valence-electron chi connectivity index (χ1n) is 9.77. The highest BCUT2D eigenvalue weighted by Gasteiger charge is 2.36. The highest BCUT2D eigenvalue weighted by atomic mass is 16.5. The molecule has 1 aliphatic rings. The van der Waals surface area contributed by atoms with E-state index >= 15 is 0 Å². The molecule has 7 nitrogen and oxygen atoms in total. The second-order valence-corrected chi connectivity index (χ2v) is 7.44. The molecule has 2 N–H and O–H groups in total. The number of para-hydroxylation sites is 1. The summed E-state index contributed by atoms with van der Waals surface area (Å²) in [5, 5.41) is 9.24. The van der Waals surface area contributed by atoms with E-state index in [2.05, 4.69) is 4.98 Å². The van der Waals surface area contributed by atoms with Crippen LogP contribution in [0.1, 0.15) is 42.5 Å². The molecule has 1 saturated carbocycles. The summed E-state index contributed by atoms with van der Waals surface area (Å²) < 4.78 is 7.61. The maximum Gasteiger partial charge on any atom is 0.274 e. The SMILES string of the molecule is O=C(NO)c1ccc2ncn(C3(CCOc4ccccc4)CCCC3)c(=O)c2c1. The van der Waals surface area contributed by atoms with Crippen LogP contribution in [0, 0.1) is 0 Å². The fraction of sp³-hybridized carbons (Fsp3) is 0.318. The van der Waals surface area contributed by atoms with Crippen LogP contribution in [0.3, 0.4) is 0 Å². The first-order valence-corrected chi connectivity index (χ1v) is 9.77. The first-order chi connectivity index (χ1) is 14.1. The number of nitrogens with zero attached hydrogens (tertiary/aromatic N) is 2. The van der Waals surface area contributed by atoms with E-state index in [1.807, 2.05) is 30.3 Å². The number of carbonyl (C=O) groups excluding carboxylic acids is 1. The number of amides is 1. The van der Waals surface area contributed by atoms with Crippen molar-refractivity contribution >= 4 is 16.8 Å². The molecule has 2 aromatic carbocycles. The fourth-order valence-electron chi connectivity index (χ4n) is 4.19. The highest BCUT2D eigenvalue weighted by Crippen LogP contribution is 2.38. The van der Waals surface area contributed by atoms with E-state index < -0.39 is 5.91 Å². The van der Waals surface area contributed by atoms with Gasteiger partial charge in [-0.25, -0.2) is 10.5 Å². The number of aromatic nitrogens is 2. The van der Waals surface area contributed by atoms with E-state index in [4.69, 9.17) is 9.94 Å². The molecular formula is C22H23N3O4. The van der Waals surface area contributed by atoms with Crippen molar-refractivity contribution < 1.29 is 14.7 Å². The van der Waals surface area contributed by atoms with E-state index in [-0.39, 0.29) is 16.7 Å². The van der Waals surface area contributed by atoms with Crippen LogP contribution < -0.4 is 15.8 Å². The molecule has 0 aliphatic heterocycles. The molecule has 0 saturated heterocycles. The zero-order chi connectivity index (χ0) is 20.3. The minimum Gasteiger partial charge on any atom is -0.494 e. The lowest BCUT2D eigenvalue weighted by Gasteiger charge is -2.31. The van der Waals surface area contributed by atoms with E-state index in [0.717, 1.165) is 31.4 Å². The quantitative estimate of drug-likeness (QED) is 0.495. The van der Waals surface area contributed by atoms with Crippen molar-refractivity contribution in [1.82, 2.24) is 15.0 Å². The average molecular weight is 393 g/mol. The molecule has 7 heteroatoms. The number of ether oxygens (including phenoxy) is 1. The molecule has 3 aromatic rings. The minimum absolute atomic E-state index is 0.177. The summed E-state index contributed by atoms with van der Waals surface area (Å²) in [5.74, 6) is 0.151. The number of fused-ring (bicyclic) bond motifs is 1. The Morgan fingerprint density at radius 3 is 2.66 bits per heavy atom. The lowest BCUT2D eigenvalue weighted by Crippen LogP contribution is -2.40. The Morgan fingerprint density at radius 2 is 1.93 bits per heavy atom. The predicted octanol–water partition coefficient (Wildman–Crippen LogP) is 3.25. The van der Waals surface area contributed by atoms with Crippen molar-refractivity contribution in [3.05, 3.63) is 70.8 Å². The van der Waals surface area contributed by atoms with Gasteiger partial charge in [-0.2, -0.15) is 0 Å². The largest absolute Gasteiger partial charge is 0.494 e. The molecule has 1 fully saturated rings. The smallest absolute Gasteiger partial charge is 0.274 e. The molecule has 150 valence electrons.